The van der Waals surface area contributed by atoms with Gasteiger partial charge in [-0.05, 0) is 30.7 Å². The molecule has 1 aromatic rings. The molecule has 0 aliphatic carbocycles. The Morgan fingerprint density at radius 3 is 2.36 bits per heavy atom. The Kier molecular flexibility index (Phi) is 2.00. The van der Waals surface area contributed by atoms with Crippen molar-refractivity contribution in [2.75, 3.05) is 6.26 Å². The molecule has 2 nitrogen and oxygen atoms in total. The van der Waals surface area contributed by atoms with E-state index in [0.717, 1.165) is 5.56 Å². The van der Waals surface area contributed by atoms with Crippen LogP contribution in [0.1, 0.15) is 5.56 Å². The summed E-state index contributed by atoms with van der Waals surface area (Å²) in [6.45, 7) is 1.87. The van der Waals surface area contributed by atoms with E-state index in [1.807, 2.05) is 6.92 Å². The second-order valence-electron chi connectivity index (χ2n) is 2.48. The summed E-state index contributed by atoms with van der Waals surface area (Å²) in [4.78, 5) is 0.322. The lowest BCUT2D eigenvalue weighted by Gasteiger charge is -1.96. The van der Waals surface area contributed by atoms with E-state index in [-0.39, 0.29) is 0 Å². The molecule has 0 saturated carbocycles. The molecule has 0 saturated heterocycles. The lowest BCUT2D eigenvalue weighted by atomic mass is 10.2. The standard InChI is InChI=1S/C8H9O2S/c1-7-3-5-8(6-4-7)11(2,9)10/h3,5-6H,1-2H3. The quantitative estimate of drug-likeness (QED) is 0.633. The number of hydrogen-bond donors (Lipinski definition) is 0. The zero-order chi connectivity index (χ0) is 8.48. The summed E-state index contributed by atoms with van der Waals surface area (Å²) < 4.78 is 21.8. The lowest BCUT2D eigenvalue weighted by Crippen LogP contribution is -1.96. The second kappa shape index (κ2) is 2.66. The van der Waals surface area contributed by atoms with Gasteiger partial charge in [-0.25, -0.2) is 8.42 Å². The second-order valence-corrected chi connectivity index (χ2v) is 4.50. The number of hydrogen-bond acceptors (Lipinski definition) is 2. The van der Waals surface area contributed by atoms with Gasteiger partial charge in [0, 0.05) is 6.26 Å². The van der Waals surface area contributed by atoms with Crippen LogP contribution in [-0.2, 0) is 9.84 Å². The van der Waals surface area contributed by atoms with Crippen LogP contribution >= 0.6 is 0 Å². The van der Waals surface area contributed by atoms with Crippen molar-refractivity contribution >= 4 is 9.84 Å². The third-order valence-electron chi connectivity index (χ3n) is 1.37. The van der Waals surface area contributed by atoms with Crippen LogP contribution < -0.4 is 0 Å². The van der Waals surface area contributed by atoms with Crippen LogP contribution in [0.3, 0.4) is 0 Å². The molecule has 0 amide bonds. The smallest absolute Gasteiger partial charge is 0.175 e. The van der Waals surface area contributed by atoms with Gasteiger partial charge in [-0.3, -0.25) is 0 Å². The van der Waals surface area contributed by atoms with E-state index in [1.165, 1.54) is 12.3 Å². The van der Waals surface area contributed by atoms with Gasteiger partial charge < -0.3 is 0 Å². The van der Waals surface area contributed by atoms with E-state index in [9.17, 15) is 8.42 Å². The first-order chi connectivity index (χ1) is 5.00. The monoisotopic (exact) mass is 169 g/mol. The fourth-order valence-corrected chi connectivity index (χ4v) is 1.31. The predicted molar refractivity (Wildman–Crippen MR) is 43.1 cm³/mol. The maximum Gasteiger partial charge on any atom is 0.175 e. The van der Waals surface area contributed by atoms with Gasteiger partial charge in [-0.2, -0.15) is 0 Å². The zero-order valence-electron chi connectivity index (χ0n) is 6.46. The highest BCUT2D eigenvalue weighted by atomic mass is 32.2. The van der Waals surface area contributed by atoms with Gasteiger partial charge in [-0.1, -0.05) is 6.07 Å². The summed E-state index contributed by atoms with van der Waals surface area (Å²) in [5.74, 6) is 0. The average molecular weight is 169 g/mol. The molecule has 11 heavy (non-hydrogen) atoms. The summed E-state index contributed by atoms with van der Waals surface area (Å²) in [6, 6.07) is 7.64. The van der Waals surface area contributed by atoms with Gasteiger partial charge in [0.1, 0.15) is 0 Å². The highest BCUT2D eigenvalue weighted by molar-refractivity contribution is 7.90. The molecule has 0 N–H and O–H groups in total. The Hall–Kier alpha value is -0.830. The molecule has 0 aromatic heterocycles. The molecule has 0 unspecified atom stereocenters. The molecule has 0 heterocycles. The Bertz CT molecular complexity index is 335. The van der Waals surface area contributed by atoms with Gasteiger partial charge in [0.15, 0.2) is 9.84 Å². The van der Waals surface area contributed by atoms with Crippen molar-refractivity contribution < 1.29 is 8.42 Å². The van der Waals surface area contributed by atoms with E-state index < -0.39 is 9.84 Å². The summed E-state index contributed by atoms with van der Waals surface area (Å²) >= 11 is 0. The van der Waals surface area contributed by atoms with E-state index >= 15 is 0 Å². The third kappa shape index (κ3) is 2.05. The summed E-state index contributed by atoms with van der Waals surface area (Å²) in [7, 11) is -3.05. The molecule has 3 heteroatoms. The molecule has 1 rings (SSSR count). The first-order valence-corrected chi connectivity index (χ1v) is 5.08. The zero-order valence-corrected chi connectivity index (χ0v) is 7.27. The van der Waals surface area contributed by atoms with Gasteiger partial charge in [0.2, 0.25) is 0 Å². The molecular weight excluding hydrogens is 160 g/mol. The Morgan fingerprint density at radius 2 is 2.00 bits per heavy atom. The highest BCUT2D eigenvalue weighted by Gasteiger charge is 2.04. The van der Waals surface area contributed by atoms with Crippen LogP contribution in [0.5, 0.6) is 0 Å². The molecule has 1 radical (unpaired) electrons. The van der Waals surface area contributed by atoms with Crippen LogP contribution in [0.15, 0.2) is 23.1 Å². The maximum atomic E-state index is 10.9. The molecular formula is C8H9O2S. The van der Waals surface area contributed by atoms with Gasteiger partial charge in [0.25, 0.3) is 0 Å². The minimum absolute atomic E-state index is 0.322. The van der Waals surface area contributed by atoms with Gasteiger partial charge >= 0.3 is 0 Å². The lowest BCUT2D eigenvalue weighted by molar-refractivity contribution is 0.602. The fourth-order valence-electron chi connectivity index (χ4n) is 0.719. The van der Waals surface area contributed by atoms with Crippen LogP contribution in [0.25, 0.3) is 0 Å². The number of benzene rings is 1. The van der Waals surface area contributed by atoms with Crippen molar-refractivity contribution in [3.8, 4) is 0 Å². The average Bonchev–Trinajstić information content (AvgIpc) is 1.86. The topological polar surface area (TPSA) is 34.1 Å². The van der Waals surface area contributed by atoms with Crippen molar-refractivity contribution in [3.05, 3.63) is 29.8 Å². The fraction of sp³-hybridized carbons (Fsp3) is 0.250. The largest absolute Gasteiger partial charge is 0.224 e. The molecule has 0 aliphatic rings. The van der Waals surface area contributed by atoms with Crippen LogP contribution in [0.4, 0.5) is 0 Å². The SMILES string of the molecule is Cc1[c]cc(S(C)(=O)=O)cc1. The van der Waals surface area contributed by atoms with Crippen LogP contribution in [-0.4, -0.2) is 14.7 Å². The number of aryl methyl sites for hydroxylation is 1. The van der Waals surface area contributed by atoms with E-state index in [2.05, 4.69) is 6.07 Å². The Morgan fingerprint density at radius 1 is 1.36 bits per heavy atom. The summed E-state index contributed by atoms with van der Waals surface area (Å²) in [5.41, 5.74) is 0.942. The summed E-state index contributed by atoms with van der Waals surface area (Å²) in [6.07, 6.45) is 1.19. The molecule has 59 valence electrons. The van der Waals surface area contributed by atoms with Crippen molar-refractivity contribution in [1.82, 2.24) is 0 Å². The molecule has 0 spiro atoms. The minimum Gasteiger partial charge on any atom is -0.224 e. The molecule has 0 bridgehead atoms. The minimum atomic E-state index is -3.05. The van der Waals surface area contributed by atoms with Gasteiger partial charge in [0.05, 0.1) is 4.90 Å². The van der Waals surface area contributed by atoms with Crippen molar-refractivity contribution in [2.24, 2.45) is 0 Å². The molecule has 0 atom stereocenters. The summed E-state index contributed by atoms with van der Waals surface area (Å²) in [5, 5.41) is 0. The van der Waals surface area contributed by atoms with Crippen LogP contribution in [0.2, 0.25) is 0 Å². The Balaban J connectivity index is 3.20. The first kappa shape index (κ1) is 8.27. The van der Waals surface area contributed by atoms with Crippen molar-refractivity contribution in [3.63, 3.8) is 0 Å². The van der Waals surface area contributed by atoms with E-state index in [4.69, 9.17) is 0 Å². The maximum absolute atomic E-state index is 10.9. The highest BCUT2D eigenvalue weighted by Crippen LogP contribution is 2.08. The first-order valence-electron chi connectivity index (χ1n) is 3.18. The number of sulfone groups is 1. The number of rotatable bonds is 1. The Labute approximate surface area is 66.8 Å². The van der Waals surface area contributed by atoms with Crippen molar-refractivity contribution in [1.29, 1.82) is 0 Å². The molecule has 0 aliphatic heterocycles. The van der Waals surface area contributed by atoms with Gasteiger partial charge in [-0.15, -0.1) is 0 Å². The molecule has 0 fully saturated rings. The predicted octanol–water partition coefficient (Wildman–Crippen LogP) is 1.20. The van der Waals surface area contributed by atoms with Crippen molar-refractivity contribution in [2.45, 2.75) is 11.8 Å². The molecule has 1 aromatic carbocycles. The van der Waals surface area contributed by atoms with Crippen LogP contribution in [0, 0.1) is 13.0 Å². The third-order valence-corrected chi connectivity index (χ3v) is 2.48. The van der Waals surface area contributed by atoms with E-state index in [0.29, 0.717) is 4.90 Å². The van der Waals surface area contributed by atoms with E-state index in [1.54, 1.807) is 12.1 Å². The normalized spacial score (nSPS) is 11.5.